The first kappa shape index (κ1) is 14.7. The monoisotopic (exact) mass is 269 g/mol. The van der Waals surface area contributed by atoms with Crippen LogP contribution in [0, 0.1) is 11.3 Å². The van der Waals surface area contributed by atoms with Gasteiger partial charge in [-0.05, 0) is 61.4 Å². The molecule has 106 valence electrons. The predicted octanol–water partition coefficient (Wildman–Crippen LogP) is 4.47. The summed E-state index contributed by atoms with van der Waals surface area (Å²) in [4.78, 5) is 0. The van der Waals surface area contributed by atoms with Crippen LogP contribution in [-0.2, 0) is 0 Å². The first-order chi connectivity index (χ1) is 8.55. The van der Waals surface area contributed by atoms with Gasteiger partial charge < -0.3 is 5.32 Å². The molecule has 2 aliphatic rings. The topological polar surface area (TPSA) is 12.0 Å². The first-order valence-corrected chi connectivity index (χ1v) is 9.05. The Labute approximate surface area is 118 Å². The Kier molecular flexibility index (Phi) is 5.44. The van der Waals surface area contributed by atoms with E-state index < -0.39 is 0 Å². The Morgan fingerprint density at radius 2 is 1.50 bits per heavy atom. The molecule has 1 nitrogen and oxygen atoms in total. The van der Waals surface area contributed by atoms with E-state index in [9.17, 15) is 0 Å². The van der Waals surface area contributed by atoms with Crippen LogP contribution < -0.4 is 5.32 Å². The van der Waals surface area contributed by atoms with Crippen LogP contribution in [0.4, 0.5) is 0 Å². The zero-order chi connectivity index (χ0) is 13.0. The van der Waals surface area contributed by atoms with Crippen molar-refractivity contribution in [1.29, 1.82) is 0 Å². The van der Waals surface area contributed by atoms with Gasteiger partial charge in [-0.3, -0.25) is 0 Å². The van der Waals surface area contributed by atoms with E-state index in [4.69, 9.17) is 0 Å². The largest absolute Gasteiger partial charge is 0.311 e. The van der Waals surface area contributed by atoms with E-state index in [2.05, 4.69) is 37.8 Å². The average Bonchev–Trinajstić information content (AvgIpc) is 2.55. The molecular weight excluding hydrogens is 238 g/mol. The van der Waals surface area contributed by atoms with Gasteiger partial charge in [0.15, 0.2) is 0 Å². The third-order valence-corrected chi connectivity index (χ3v) is 5.93. The highest BCUT2D eigenvalue weighted by Gasteiger charge is 2.28. The van der Waals surface area contributed by atoms with Crippen molar-refractivity contribution in [2.75, 3.05) is 11.5 Å². The molecule has 2 heteroatoms. The van der Waals surface area contributed by atoms with Crippen LogP contribution in [0.5, 0.6) is 0 Å². The molecule has 0 aromatic heterocycles. The number of rotatable bonds is 2. The molecule has 0 amide bonds. The van der Waals surface area contributed by atoms with Gasteiger partial charge in [-0.15, -0.1) is 0 Å². The predicted molar refractivity (Wildman–Crippen MR) is 83.3 cm³/mol. The second kappa shape index (κ2) is 6.65. The van der Waals surface area contributed by atoms with Crippen LogP contribution in [-0.4, -0.2) is 23.6 Å². The van der Waals surface area contributed by atoms with Crippen molar-refractivity contribution < 1.29 is 0 Å². The highest BCUT2D eigenvalue weighted by molar-refractivity contribution is 7.99. The molecule has 1 heterocycles. The quantitative estimate of drug-likeness (QED) is 0.743. The zero-order valence-electron chi connectivity index (χ0n) is 12.5. The molecule has 0 aromatic rings. The van der Waals surface area contributed by atoms with Gasteiger partial charge in [0.2, 0.25) is 0 Å². The van der Waals surface area contributed by atoms with E-state index in [0.29, 0.717) is 5.41 Å². The van der Waals surface area contributed by atoms with Crippen LogP contribution >= 0.6 is 11.8 Å². The maximum Gasteiger partial charge on any atom is 0.00853 e. The summed E-state index contributed by atoms with van der Waals surface area (Å²) in [6.07, 6.45) is 9.92. The zero-order valence-corrected chi connectivity index (χ0v) is 13.3. The molecule has 1 aliphatic carbocycles. The molecule has 0 bridgehead atoms. The van der Waals surface area contributed by atoms with Crippen molar-refractivity contribution in [1.82, 2.24) is 5.32 Å². The summed E-state index contributed by atoms with van der Waals surface area (Å²) in [7, 11) is 0. The average molecular weight is 269 g/mol. The van der Waals surface area contributed by atoms with Gasteiger partial charge >= 0.3 is 0 Å². The molecule has 2 unspecified atom stereocenters. The lowest BCUT2D eigenvalue weighted by Gasteiger charge is -2.30. The Morgan fingerprint density at radius 3 is 2.17 bits per heavy atom. The maximum absolute atomic E-state index is 3.96. The first-order valence-electron chi connectivity index (χ1n) is 7.89. The standard InChI is InChI=1S/C16H31NS/c1-16(2,3)13-5-4-6-14(8-7-13)17-15-9-11-18-12-10-15/h13-15,17H,4-12H2,1-3H3. The summed E-state index contributed by atoms with van der Waals surface area (Å²) in [5, 5.41) is 3.96. The second-order valence-electron chi connectivity index (χ2n) is 7.32. The molecule has 0 radical (unpaired) electrons. The van der Waals surface area contributed by atoms with Crippen molar-refractivity contribution in [3.05, 3.63) is 0 Å². The summed E-state index contributed by atoms with van der Waals surface area (Å²) in [5.41, 5.74) is 0.510. The van der Waals surface area contributed by atoms with Crippen LogP contribution in [0.1, 0.15) is 65.7 Å². The summed E-state index contributed by atoms with van der Waals surface area (Å²) in [6.45, 7) is 7.26. The molecular formula is C16H31NS. The molecule has 1 N–H and O–H groups in total. The minimum atomic E-state index is 0.510. The lowest BCUT2D eigenvalue weighted by Crippen LogP contribution is -2.40. The Bertz CT molecular complexity index is 240. The van der Waals surface area contributed by atoms with Gasteiger partial charge in [0.25, 0.3) is 0 Å². The molecule has 0 spiro atoms. The molecule has 2 rings (SSSR count). The fourth-order valence-electron chi connectivity index (χ4n) is 3.53. The van der Waals surface area contributed by atoms with Crippen LogP contribution in [0.3, 0.4) is 0 Å². The Morgan fingerprint density at radius 1 is 0.833 bits per heavy atom. The minimum Gasteiger partial charge on any atom is -0.311 e. The Hall–Kier alpha value is 0.310. The lowest BCUT2D eigenvalue weighted by molar-refractivity contribution is 0.213. The van der Waals surface area contributed by atoms with Gasteiger partial charge in [0, 0.05) is 12.1 Å². The SMILES string of the molecule is CC(C)(C)C1CCCC(NC2CCSCC2)CC1. The smallest absolute Gasteiger partial charge is 0.00853 e. The molecule has 2 atom stereocenters. The molecule has 0 aromatic carbocycles. The number of thioether (sulfide) groups is 1. The molecule has 1 saturated heterocycles. The maximum atomic E-state index is 3.96. The van der Waals surface area contributed by atoms with E-state index in [-0.39, 0.29) is 0 Å². The number of nitrogens with one attached hydrogen (secondary N) is 1. The highest BCUT2D eigenvalue weighted by Crippen LogP contribution is 2.37. The summed E-state index contributed by atoms with van der Waals surface area (Å²) < 4.78 is 0. The molecule has 1 saturated carbocycles. The van der Waals surface area contributed by atoms with Crippen LogP contribution in [0.15, 0.2) is 0 Å². The molecule has 1 aliphatic heterocycles. The number of hydrogen-bond donors (Lipinski definition) is 1. The summed E-state index contributed by atoms with van der Waals surface area (Å²) >= 11 is 2.13. The number of hydrogen-bond acceptors (Lipinski definition) is 2. The van der Waals surface area contributed by atoms with E-state index in [1.54, 1.807) is 0 Å². The van der Waals surface area contributed by atoms with Gasteiger partial charge in [-0.25, -0.2) is 0 Å². The van der Waals surface area contributed by atoms with Gasteiger partial charge in [-0.1, -0.05) is 27.2 Å². The second-order valence-corrected chi connectivity index (χ2v) is 8.55. The van der Waals surface area contributed by atoms with Gasteiger partial charge in [-0.2, -0.15) is 11.8 Å². The fourth-order valence-corrected chi connectivity index (χ4v) is 4.64. The van der Waals surface area contributed by atoms with Crippen LogP contribution in [0.2, 0.25) is 0 Å². The normalized spacial score (nSPS) is 32.2. The highest BCUT2D eigenvalue weighted by atomic mass is 32.2. The van der Waals surface area contributed by atoms with Crippen molar-refractivity contribution in [2.45, 2.75) is 77.8 Å². The summed E-state index contributed by atoms with van der Waals surface area (Å²) in [6, 6.07) is 1.63. The van der Waals surface area contributed by atoms with Crippen molar-refractivity contribution in [3.8, 4) is 0 Å². The third kappa shape index (κ3) is 4.45. The van der Waals surface area contributed by atoms with E-state index >= 15 is 0 Å². The molecule has 18 heavy (non-hydrogen) atoms. The van der Waals surface area contributed by atoms with Crippen molar-refractivity contribution in [2.24, 2.45) is 11.3 Å². The van der Waals surface area contributed by atoms with E-state index in [1.165, 1.54) is 56.5 Å². The van der Waals surface area contributed by atoms with Gasteiger partial charge in [0.1, 0.15) is 0 Å². The van der Waals surface area contributed by atoms with Crippen molar-refractivity contribution in [3.63, 3.8) is 0 Å². The molecule has 2 fully saturated rings. The van der Waals surface area contributed by atoms with Crippen LogP contribution in [0.25, 0.3) is 0 Å². The minimum absolute atomic E-state index is 0.510. The van der Waals surface area contributed by atoms with Crippen molar-refractivity contribution >= 4 is 11.8 Å². The third-order valence-electron chi connectivity index (χ3n) is 4.89. The Balaban J connectivity index is 1.78. The van der Waals surface area contributed by atoms with Gasteiger partial charge in [0.05, 0.1) is 0 Å². The van der Waals surface area contributed by atoms with E-state index in [0.717, 1.165) is 18.0 Å². The fraction of sp³-hybridized carbons (Fsp3) is 1.00. The summed E-state index contributed by atoms with van der Waals surface area (Å²) in [5.74, 6) is 3.68. The van der Waals surface area contributed by atoms with E-state index in [1.807, 2.05) is 0 Å². The lowest BCUT2D eigenvalue weighted by atomic mass is 9.76.